The third-order valence-electron chi connectivity index (χ3n) is 3.45. The fourth-order valence-corrected chi connectivity index (χ4v) is 2.48. The molecular weight excluding hydrogens is 210 g/mol. The number of aryl methyl sites for hydroxylation is 1. The Bertz CT molecular complexity index is 315. The minimum atomic E-state index is 0.687. The number of piperidine rings is 1. The zero-order valence-electron chi connectivity index (χ0n) is 9.33. The van der Waals surface area contributed by atoms with Crippen molar-refractivity contribution in [2.75, 3.05) is 13.1 Å². The van der Waals surface area contributed by atoms with Crippen LogP contribution in [-0.2, 0) is 13.5 Å². The van der Waals surface area contributed by atoms with Crippen LogP contribution in [0, 0.1) is 11.8 Å². The minimum Gasteiger partial charge on any atom is -0.316 e. The van der Waals surface area contributed by atoms with E-state index in [0.29, 0.717) is 5.92 Å². The number of hydrogen-bond acceptors (Lipinski definition) is 2. The number of nitrogens with one attached hydrogen (secondary N) is 1. The third kappa shape index (κ3) is 2.34. The van der Waals surface area contributed by atoms with Gasteiger partial charge in [0.1, 0.15) is 0 Å². The van der Waals surface area contributed by atoms with Crippen LogP contribution in [0.5, 0.6) is 0 Å². The maximum Gasteiger partial charge on any atom is 0.0817 e. The second kappa shape index (κ2) is 4.54. The Morgan fingerprint density at radius 1 is 1.67 bits per heavy atom. The number of rotatable bonds is 2. The van der Waals surface area contributed by atoms with Gasteiger partial charge < -0.3 is 5.32 Å². The average molecular weight is 228 g/mol. The zero-order chi connectivity index (χ0) is 10.8. The first-order valence-electron chi connectivity index (χ1n) is 5.55. The van der Waals surface area contributed by atoms with Gasteiger partial charge in [-0.2, -0.15) is 5.10 Å². The summed E-state index contributed by atoms with van der Waals surface area (Å²) in [5.41, 5.74) is 1.16. The fourth-order valence-electron chi connectivity index (χ4n) is 2.24. The van der Waals surface area contributed by atoms with Gasteiger partial charge in [0.2, 0.25) is 0 Å². The summed E-state index contributed by atoms with van der Waals surface area (Å²) in [6.07, 6.45) is 4.03. The van der Waals surface area contributed by atoms with E-state index in [-0.39, 0.29) is 0 Å². The summed E-state index contributed by atoms with van der Waals surface area (Å²) in [6.45, 7) is 4.58. The summed E-state index contributed by atoms with van der Waals surface area (Å²) in [6, 6.07) is 0. The second-order valence-corrected chi connectivity index (χ2v) is 4.90. The van der Waals surface area contributed by atoms with Gasteiger partial charge >= 0.3 is 0 Å². The third-order valence-corrected chi connectivity index (χ3v) is 3.77. The quantitative estimate of drug-likeness (QED) is 0.836. The van der Waals surface area contributed by atoms with E-state index in [0.717, 1.165) is 36.1 Å². The van der Waals surface area contributed by atoms with E-state index in [4.69, 9.17) is 11.6 Å². The highest BCUT2D eigenvalue weighted by Crippen LogP contribution is 2.25. The molecule has 0 amide bonds. The maximum atomic E-state index is 6.11. The molecule has 0 bridgehead atoms. The van der Waals surface area contributed by atoms with Crippen LogP contribution in [0.2, 0.25) is 5.02 Å². The van der Waals surface area contributed by atoms with E-state index in [9.17, 15) is 0 Å². The lowest BCUT2D eigenvalue weighted by Gasteiger charge is -2.29. The minimum absolute atomic E-state index is 0.687. The monoisotopic (exact) mass is 227 g/mol. The van der Waals surface area contributed by atoms with E-state index in [2.05, 4.69) is 17.3 Å². The summed E-state index contributed by atoms with van der Waals surface area (Å²) >= 11 is 6.11. The Labute approximate surface area is 95.8 Å². The van der Waals surface area contributed by atoms with Crippen molar-refractivity contribution in [1.29, 1.82) is 0 Å². The van der Waals surface area contributed by atoms with Crippen molar-refractivity contribution in [1.82, 2.24) is 15.1 Å². The van der Waals surface area contributed by atoms with Gasteiger partial charge in [-0.15, -0.1) is 0 Å². The molecule has 1 aliphatic rings. The first kappa shape index (κ1) is 11.0. The van der Waals surface area contributed by atoms with Crippen LogP contribution in [-0.4, -0.2) is 22.9 Å². The van der Waals surface area contributed by atoms with Gasteiger partial charge in [-0.3, -0.25) is 4.68 Å². The summed E-state index contributed by atoms with van der Waals surface area (Å²) < 4.78 is 1.89. The molecule has 0 aliphatic carbocycles. The Morgan fingerprint density at radius 3 is 3.07 bits per heavy atom. The van der Waals surface area contributed by atoms with Gasteiger partial charge in [-0.1, -0.05) is 18.5 Å². The lowest BCUT2D eigenvalue weighted by Crippen LogP contribution is -2.36. The van der Waals surface area contributed by atoms with Crippen LogP contribution < -0.4 is 5.32 Å². The Balaban J connectivity index is 2.07. The SMILES string of the molecule is CC1CCNCC1Cc1c(Cl)cnn1C. The molecule has 1 saturated heterocycles. The van der Waals surface area contributed by atoms with Crippen molar-refractivity contribution in [3.63, 3.8) is 0 Å². The second-order valence-electron chi connectivity index (χ2n) is 4.50. The highest BCUT2D eigenvalue weighted by molar-refractivity contribution is 6.31. The van der Waals surface area contributed by atoms with Gasteiger partial charge in [0.25, 0.3) is 0 Å². The molecule has 1 aliphatic heterocycles. The summed E-state index contributed by atoms with van der Waals surface area (Å²) in [5.74, 6) is 1.46. The van der Waals surface area contributed by atoms with Crippen LogP contribution in [0.1, 0.15) is 19.0 Å². The molecule has 1 N–H and O–H groups in total. The Hall–Kier alpha value is -0.540. The van der Waals surface area contributed by atoms with Crippen molar-refractivity contribution in [3.05, 3.63) is 16.9 Å². The van der Waals surface area contributed by atoms with E-state index in [1.54, 1.807) is 6.20 Å². The van der Waals surface area contributed by atoms with Gasteiger partial charge in [-0.25, -0.2) is 0 Å². The number of halogens is 1. The lowest BCUT2D eigenvalue weighted by atomic mass is 9.85. The highest BCUT2D eigenvalue weighted by atomic mass is 35.5. The molecule has 2 unspecified atom stereocenters. The summed E-state index contributed by atoms with van der Waals surface area (Å²) in [7, 11) is 1.96. The van der Waals surface area contributed by atoms with Crippen molar-refractivity contribution in [3.8, 4) is 0 Å². The topological polar surface area (TPSA) is 29.9 Å². The van der Waals surface area contributed by atoms with Crippen LogP contribution in [0.3, 0.4) is 0 Å². The van der Waals surface area contributed by atoms with E-state index >= 15 is 0 Å². The van der Waals surface area contributed by atoms with Crippen LogP contribution in [0.4, 0.5) is 0 Å². The van der Waals surface area contributed by atoms with Crippen LogP contribution in [0.15, 0.2) is 6.20 Å². The molecule has 2 atom stereocenters. The van der Waals surface area contributed by atoms with E-state index in [1.807, 2.05) is 11.7 Å². The molecule has 0 radical (unpaired) electrons. The largest absolute Gasteiger partial charge is 0.316 e. The van der Waals surface area contributed by atoms with E-state index < -0.39 is 0 Å². The Kier molecular flexibility index (Phi) is 3.32. The van der Waals surface area contributed by atoms with Crippen molar-refractivity contribution >= 4 is 11.6 Å². The number of aromatic nitrogens is 2. The highest BCUT2D eigenvalue weighted by Gasteiger charge is 2.23. The Morgan fingerprint density at radius 2 is 2.47 bits per heavy atom. The molecule has 1 aromatic heterocycles. The molecule has 0 spiro atoms. The summed E-state index contributed by atoms with van der Waals surface area (Å²) in [5, 5.41) is 8.42. The molecule has 1 fully saturated rings. The average Bonchev–Trinajstić information content (AvgIpc) is 2.53. The van der Waals surface area contributed by atoms with Crippen LogP contribution in [0.25, 0.3) is 0 Å². The van der Waals surface area contributed by atoms with Crippen molar-refractivity contribution in [2.24, 2.45) is 18.9 Å². The molecule has 0 aromatic carbocycles. The molecule has 0 saturated carbocycles. The zero-order valence-corrected chi connectivity index (χ0v) is 10.1. The number of nitrogens with zero attached hydrogens (tertiary/aromatic N) is 2. The molecule has 15 heavy (non-hydrogen) atoms. The predicted molar refractivity (Wildman–Crippen MR) is 62.1 cm³/mol. The van der Waals surface area contributed by atoms with Gasteiger partial charge in [0.05, 0.1) is 16.9 Å². The van der Waals surface area contributed by atoms with Gasteiger partial charge in [-0.05, 0) is 37.8 Å². The molecular formula is C11H18ClN3. The standard InChI is InChI=1S/C11H18ClN3/c1-8-3-4-13-6-9(8)5-11-10(12)7-14-15(11)2/h7-9,13H,3-6H2,1-2H3. The molecule has 1 aromatic rings. The molecule has 84 valence electrons. The van der Waals surface area contributed by atoms with Crippen molar-refractivity contribution in [2.45, 2.75) is 19.8 Å². The first-order chi connectivity index (χ1) is 7.18. The smallest absolute Gasteiger partial charge is 0.0817 e. The fraction of sp³-hybridized carbons (Fsp3) is 0.727. The summed E-state index contributed by atoms with van der Waals surface area (Å²) in [4.78, 5) is 0. The van der Waals surface area contributed by atoms with E-state index in [1.165, 1.54) is 6.42 Å². The predicted octanol–water partition coefficient (Wildman–Crippen LogP) is 1.86. The first-order valence-corrected chi connectivity index (χ1v) is 5.93. The molecule has 2 rings (SSSR count). The number of hydrogen-bond donors (Lipinski definition) is 1. The van der Waals surface area contributed by atoms with Gasteiger partial charge in [0, 0.05) is 7.05 Å². The van der Waals surface area contributed by atoms with Crippen molar-refractivity contribution < 1.29 is 0 Å². The van der Waals surface area contributed by atoms with Crippen LogP contribution >= 0.6 is 11.6 Å². The molecule has 4 heteroatoms. The van der Waals surface area contributed by atoms with Gasteiger partial charge in [0.15, 0.2) is 0 Å². The molecule has 2 heterocycles. The lowest BCUT2D eigenvalue weighted by molar-refractivity contribution is 0.269. The maximum absolute atomic E-state index is 6.11. The normalized spacial score (nSPS) is 26.9. The molecule has 3 nitrogen and oxygen atoms in total.